The second-order valence-corrected chi connectivity index (χ2v) is 14.2. The van der Waals surface area contributed by atoms with Crippen molar-refractivity contribution in [3.05, 3.63) is 11.6 Å². The van der Waals surface area contributed by atoms with Crippen molar-refractivity contribution in [1.82, 2.24) is 0 Å². The second kappa shape index (κ2) is 13.5. The summed E-state index contributed by atoms with van der Waals surface area (Å²) in [4.78, 5) is 12.5. The van der Waals surface area contributed by atoms with Crippen molar-refractivity contribution in [2.24, 2.45) is 34.5 Å². The fraction of sp³-hybridized carbons (Fsp3) is 0.914. The maximum absolute atomic E-state index is 12.5. The maximum Gasteiger partial charge on any atom is 0.306 e. The molecular weight excluding hydrogens is 452 g/mol. The highest BCUT2D eigenvalue weighted by Gasteiger charge is 2.58. The lowest BCUT2D eigenvalue weighted by molar-refractivity contribution is -0.151. The molecule has 0 aromatic carbocycles. The number of carbonyl (C=O) groups excluding carboxylic acids is 1. The van der Waals surface area contributed by atoms with Gasteiger partial charge in [-0.25, -0.2) is 0 Å². The lowest BCUT2D eigenvalue weighted by Gasteiger charge is -2.58. The number of fused-ring (bicyclic) bond motifs is 5. The smallest absolute Gasteiger partial charge is 0.306 e. The Morgan fingerprint density at radius 2 is 1.54 bits per heavy atom. The maximum atomic E-state index is 12.5. The summed E-state index contributed by atoms with van der Waals surface area (Å²) in [6.45, 7) is 9.84. The normalized spacial score (nSPS) is 36.9. The van der Waals surface area contributed by atoms with Crippen molar-refractivity contribution in [1.29, 1.82) is 0 Å². The van der Waals surface area contributed by atoms with Crippen LogP contribution in [0.1, 0.15) is 163 Å². The Balaban J connectivity index is 1.29. The first-order valence-electron chi connectivity index (χ1n) is 16.8. The number of ether oxygens (including phenoxy) is 1. The minimum atomic E-state index is 0.0511. The van der Waals surface area contributed by atoms with Crippen LogP contribution < -0.4 is 0 Å². The van der Waals surface area contributed by atoms with Crippen LogP contribution in [0.15, 0.2) is 11.6 Å². The van der Waals surface area contributed by atoms with Crippen molar-refractivity contribution >= 4 is 5.97 Å². The van der Waals surface area contributed by atoms with Crippen LogP contribution in [0, 0.1) is 34.5 Å². The predicted molar refractivity (Wildman–Crippen MR) is 156 cm³/mol. The van der Waals surface area contributed by atoms with E-state index >= 15 is 0 Å². The summed E-state index contributed by atoms with van der Waals surface area (Å²) in [5.74, 6) is 3.71. The Morgan fingerprint density at radius 1 is 0.838 bits per heavy atom. The first-order valence-corrected chi connectivity index (χ1v) is 16.8. The van der Waals surface area contributed by atoms with E-state index in [1.165, 1.54) is 109 Å². The summed E-state index contributed by atoms with van der Waals surface area (Å²) in [5.41, 5.74) is 2.59. The average molecular weight is 513 g/mol. The van der Waals surface area contributed by atoms with Crippen LogP contribution in [0.2, 0.25) is 0 Å². The molecule has 3 saturated carbocycles. The minimum absolute atomic E-state index is 0.0511. The van der Waals surface area contributed by atoms with Crippen molar-refractivity contribution < 1.29 is 9.53 Å². The summed E-state index contributed by atoms with van der Waals surface area (Å²) in [6, 6.07) is 0. The monoisotopic (exact) mass is 512 g/mol. The van der Waals surface area contributed by atoms with Gasteiger partial charge < -0.3 is 4.74 Å². The van der Waals surface area contributed by atoms with E-state index in [4.69, 9.17) is 4.74 Å². The summed E-state index contributed by atoms with van der Waals surface area (Å²) in [7, 11) is 0. The average Bonchev–Trinajstić information content (AvgIpc) is 3.22. The van der Waals surface area contributed by atoms with E-state index < -0.39 is 0 Å². The lowest BCUT2D eigenvalue weighted by atomic mass is 9.47. The fourth-order valence-electron chi connectivity index (χ4n) is 9.60. The zero-order valence-corrected chi connectivity index (χ0v) is 25.1. The van der Waals surface area contributed by atoms with Gasteiger partial charge in [-0.1, -0.05) is 104 Å². The molecule has 0 aromatic heterocycles. The largest absolute Gasteiger partial charge is 0.462 e. The van der Waals surface area contributed by atoms with E-state index in [0.717, 1.165) is 42.9 Å². The Bertz CT molecular complexity index is 754. The number of carbonyl (C=O) groups is 1. The summed E-state index contributed by atoms with van der Waals surface area (Å²) in [6.07, 6.45) is 29.8. The Hall–Kier alpha value is -0.790. The van der Waals surface area contributed by atoms with E-state index in [-0.39, 0.29) is 12.1 Å². The molecule has 0 aliphatic heterocycles. The molecule has 3 fully saturated rings. The van der Waals surface area contributed by atoms with Gasteiger partial charge >= 0.3 is 5.97 Å². The van der Waals surface area contributed by atoms with Gasteiger partial charge in [0.15, 0.2) is 0 Å². The molecule has 0 unspecified atom stereocenters. The molecule has 4 aliphatic carbocycles. The number of rotatable bonds is 14. The van der Waals surface area contributed by atoms with Gasteiger partial charge in [0.1, 0.15) is 6.10 Å². The third kappa shape index (κ3) is 6.69. The van der Waals surface area contributed by atoms with Crippen LogP contribution >= 0.6 is 0 Å². The van der Waals surface area contributed by atoms with Crippen molar-refractivity contribution in [2.45, 2.75) is 169 Å². The molecule has 7 atom stereocenters. The predicted octanol–water partition coefficient (Wildman–Crippen LogP) is 10.6. The molecule has 0 bridgehead atoms. The Morgan fingerprint density at radius 3 is 2.30 bits per heavy atom. The molecule has 4 rings (SSSR count). The van der Waals surface area contributed by atoms with E-state index in [9.17, 15) is 4.79 Å². The number of esters is 1. The standard InChI is InChI=1S/C35H60O2/c1-5-7-9-11-13-14-16-27-19-21-31-30-20-18-28-26-29(37-33(36)17-15-12-10-8-6-2)22-24-35(28,4)32(30)23-25-34(27,31)3/h18,27,29-32H,5-17,19-26H2,1-4H3/t27-,29+,30-,31-,32-,34-,35+/m1/s1. The van der Waals surface area contributed by atoms with Crippen LogP contribution in [-0.4, -0.2) is 12.1 Å². The van der Waals surface area contributed by atoms with Crippen molar-refractivity contribution in [2.75, 3.05) is 0 Å². The first kappa shape index (κ1) is 29.2. The SMILES string of the molecule is CCCCCCCC[C@@H]1CC[C@@H]2[C@H]3CC=C4C[C@@H](OC(=O)CCCCCCC)CC[C@]4(C)[C@@H]3CC[C@]12C. The van der Waals surface area contributed by atoms with Crippen LogP contribution in [0.4, 0.5) is 0 Å². The molecule has 0 aromatic rings. The van der Waals surface area contributed by atoms with Crippen LogP contribution in [0.25, 0.3) is 0 Å². The highest BCUT2D eigenvalue weighted by Crippen LogP contribution is 2.66. The Kier molecular flexibility index (Phi) is 10.7. The molecule has 2 nitrogen and oxygen atoms in total. The van der Waals surface area contributed by atoms with Gasteiger partial charge in [0.25, 0.3) is 0 Å². The summed E-state index contributed by atoms with van der Waals surface area (Å²) >= 11 is 0. The topological polar surface area (TPSA) is 26.3 Å². The molecular formula is C35H60O2. The molecule has 0 spiro atoms. The summed E-state index contributed by atoms with van der Waals surface area (Å²) < 4.78 is 6.02. The van der Waals surface area contributed by atoms with E-state index in [1.54, 1.807) is 5.57 Å². The Labute approximate surface area is 230 Å². The minimum Gasteiger partial charge on any atom is -0.462 e. The molecule has 0 amide bonds. The van der Waals surface area contributed by atoms with Gasteiger partial charge in [0, 0.05) is 12.8 Å². The molecule has 0 N–H and O–H groups in total. The third-order valence-electron chi connectivity index (χ3n) is 11.9. The second-order valence-electron chi connectivity index (χ2n) is 14.2. The molecule has 0 saturated heterocycles. The van der Waals surface area contributed by atoms with E-state index in [1.807, 2.05) is 0 Å². The molecule has 212 valence electrons. The highest BCUT2D eigenvalue weighted by atomic mass is 16.5. The van der Waals surface area contributed by atoms with Gasteiger partial charge in [-0.05, 0) is 92.3 Å². The zero-order chi connectivity index (χ0) is 26.3. The van der Waals surface area contributed by atoms with Crippen LogP contribution in [0.5, 0.6) is 0 Å². The van der Waals surface area contributed by atoms with Gasteiger partial charge in [-0.3, -0.25) is 4.79 Å². The lowest BCUT2D eigenvalue weighted by Crippen LogP contribution is -2.50. The third-order valence-corrected chi connectivity index (χ3v) is 11.9. The van der Waals surface area contributed by atoms with Gasteiger partial charge in [-0.2, -0.15) is 0 Å². The van der Waals surface area contributed by atoms with Gasteiger partial charge in [0.05, 0.1) is 0 Å². The van der Waals surface area contributed by atoms with Crippen molar-refractivity contribution in [3.8, 4) is 0 Å². The summed E-state index contributed by atoms with van der Waals surface area (Å²) in [5, 5.41) is 0. The van der Waals surface area contributed by atoms with E-state index in [0.29, 0.717) is 17.3 Å². The first-order chi connectivity index (χ1) is 17.9. The van der Waals surface area contributed by atoms with Crippen LogP contribution in [0.3, 0.4) is 0 Å². The number of allylic oxidation sites excluding steroid dienone is 1. The van der Waals surface area contributed by atoms with E-state index in [2.05, 4.69) is 33.8 Å². The number of unbranched alkanes of at least 4 members (excludes halogenated alkanes) is 9. The van der Waals surface area contributed by atoms with Gasteiger partial charge in [0.2, 0.25) is 0 Å². The molecule has 0 heterocycles. The molecule has 4 aliphatic rings. The molecule has 37 heavy (non-hydrogen) atoms. The molecule has 2 heteroatoms. The van der Waals surface area contributed by atoms with Crippen molar-refractivity contribution in [3.63, 3.8) is 0 Å². The number of hydrogen-bond donors (Lipinski definition) is 0. The molecule has 0 radical (unpaired) electrons. The van der Waals surface area contributed by atoms with Gasteiger partial charge in [-0.15, -0.1) is 0 Å². The fourth-order valence-corrected chi connectivity index (χ4v) is 9.60. The number of hydrogen-bond acceptors (Lipinski definition) is 2. The highest BCUT2D eigenvalue weighted by molar-refractivity contribution is 5.69. The van der Waals surface area contributed by atoms with Crippen LogP contribution in [-0.2, 0) is 9.53 Å². The zero-order valence-electron chi connectivity index (χ0n) is 25.1. The quantitative estimate of drug-likeness (QED) is 0.131.